The van der Waals surface area contributed by atoms with Gasteiger partial charge in [0.15, 0.2) is 0 Å². The quantitative estimate of drug-likeness (QED) is 0.821. The van der Waals surface area contributed by atoms with E-state index < -0.39 is 6.04 Å². The maximum absolute atomic E-state index is 13.9. The summed E-state index contributed by atoms with van der Waals surface area (Å²) in [5, 5.41) is 8.71. The topological polar surface area (TPSA) is 62.3 Å². The highest BCUT2D eigenvalue weighted by atomic mass is 19.1. The van der Waals surface area contributed by atoms with Crippen molar-refractivity contribution < 1.29 is 9.13 Å². The van der Waals surface area contributed by atoms with Crippen LogP contribution in [0.2, 0.25) is 0 Å². The van der Waals surface area contributed by atoms with Crippen LogP contribution in [0.4, 0.5) is 10.1 Å². The smallest absolute Gasteiger partial charge is 0.130 e. The number of halogens is 1. The summed E-state index contributed by atoms with van der Waals surface area (Å²) in [6.45, 7) is 3.39. The van der Waals surface area contributed by atoms with Crippen LogP contribution in [0.25, 0.3) is 0 Å². The molecule has 0 heterocycles. The number of benzene rings is 1. The summed E-state index contributed by atoms with van der Waals surface area (Å²) in [7, 11) is 1.61. The van der Waals surface area contributed by atoms with E-state index in [1.807, 2.05) is 11.0 Å². The zero-order valence-electron chi connectivity index (χ0n) is 11.4. The zero-order valence-corrected chi connectivity index (χ0v) is 11.4. The minimum atomic E-state index is -0.400. The molecule has 4 nitrogen and oxygen atoms in total. The Morgan fingerprint density at radius 1 is 1.47 bits per heavy atom. The Balaban J connectivity index is 3.06. The van der Waals surface area contributed by atoms with Crippen LogP contribution < -0.4 is 10.6 Å². The molecule has 1 rings (SSSR count). The minimum absolute atomic E-state index is 0.313. The van der Waals surface area contributed by atoms with Gasteiger partial charge in [0, 0.05) is 37.5 Å². The highest BCUT2D eigenvalue weighted by Gasteiger charge is 2.17. The first kappa shape index (κ1) is 15.4. The number of nitrogens with zero attached hydrogens (tertiary/aromatic N) is 2. The number of anilines is 1. The number of hydrogen-bond acceptors (Lipinski definition) is 4. The number of nitrogens with two attached hydrogens (primary N) is 1. The standard InChI is InChI=1S/C14H20FN3O/c1-11(17)14-12(15)5-3-6-13(14)18(8-4-7-16)9-10-19-2/h3,5-6,11H,4,8-10,17H2,1-2H3/t11-/m0/s1. The van der Waals surface area contributed by atoms with Crippen molar-refractivity contribution in [2.24, 2.45) is 5.73 Å². The van der Waals surface area contributed by atoms with Crippen molar-refractivity contribution in [1.29, 1.82) is 5.26 Å². The van der Waals surface area contributed by atoms with E-state index in [0.717, 1.165) is 5.69 Å². The molecule has 1 atom stereocenters. The van der Waals surface area contributed by atoms with Crippen LogP contribution >= 0.6 is 0 Å². The van der Waals surface area contributed by atoms with Crippen molar-refractivity contribution in [1.82, 2.24) is 0 Å². The van der Waals surface area contributed by atoms with E-state index in [2.05, 4.69) is 6.07 Å². The van der Waals surface area contributed by atoms with Gasteiger partial charge in [-0.3, -0.25) is 0 Å². The number of methoxy groups -OCH3 is 1. The Kier molecular flexibility index (Phi) is 6.26. The molecule has 1 aromatic carbocycles. The fourth-order valence-electron chi connectivity index (χ4n) is 1.99. The van der Waals surface area contributed by atoms with Crippen LogP contribution in [0, 0.1) is 17.1 Å². The Bertz CT molecular complexity index is 443. The average molecular weight is 265 g/mol. The van der Waals surface area contributed by atoms with Gasteiger partial charge in [0.1, 0.15) is 5.82 Å². The van der Waals surface area contributed by atoms with E-state index in [0.29, 0.717) is 31.7 Å². The van der Waals surface area contributed by atoms with Crippen molar-refractivity contribution >= 4 is 5.69 Å². The molecule has 0 amide bonds. The second kappa shape index (κ2) is 7.72. The maximum atomic E-state index is 13.9. The van der Waals surface area contributed by atoms with Gasteiger partial charge in [-0.1, -0.05) is 6.07 Å². The first-order valence-electron chi connectivity index (χ1n) is 6.26. The third-order valence-electron chi connectivity index (χ3n) is 2.88. The molecule has 0 bridgehead atoms. The minimum Gasteiger partial charge on any atom is -0.383 e. The second-order valence-corrected chi connectivity index (χ2v) is 4.35. The van der Waals surface area contributed by atoms with Gasteiger partial charge >= 0.3 is 0 Å². The summed E-state index contributed by atoms with van der Waals surface area (Å²) in [4.78, 5) is 1.94. The van der Waals surface area contributed by atoms with Gasteiger partial charge in [0.2, 0.25) is 0 Å². The van der Waals surface area contributed by atoms with Crippen molar-refractivity contribution in [3.8, 4) is 6.07 Å². The average Bonchev–Trinajstić information content (AvgIpc) is 2.38. The first-order valence-corrected chi connectivity index (χ1v) is 6.26. The first-order chi connectivity index (χ1) is 9.11. The predicted octanol–water partition coefficient (Wildman–Crippen LogP) is 2.21. The van der Waals surface area contributed by atoms with Crippen LogP contribution in [0.5, 0.6) is 0 Å². The number of ether oxygens (including phenoxy) is 1. The van der Waals surface area contributed by atoms with Gasteiger partial charge < -0.3 is 15.4 Å². The summed E-state index contributed by atoms with van der Waals surface area (Å²) in [5.41, 5.74) is 7.07. The molecule has 0 aliphatic rings. The Hall–Kier alpha value is -1.64. The normalized spacial score (nSPS) is 11.9. The molecule has 0 unspecified atom stereocenters. The molecule has 5 heteroatoms. The van der Waals surface area contributed by atoms with Crippen molar-refractivity contribution in [3.63, 3.8) is 0 Å². The fraction of sp³-hybridized carbons (Fsp3) is 0.500. The van der Waals surface area contributed by atoms with Gasteiger partial charge in [0.25, 0.3) is 0 Å². The van der Waals surface area contributed by atoms with Crippen LogP contribution in [0.3, 0.4) is 0 Å². The number of hydrogen-bond donors (Lipinski definition) is 1. The Morgan fingerprint density at radius 2 is 2.21 bits per heavy atom. The van der Waals surface area contributed by atoms with Gasteiger partial charge in [0.05, 0.1) is 19.1 Å². The fourth-order valence-corrected chi connectivity index (χ4v) is 1.99. The molecule has 2 N–H and O–H groups in total. The molecule has 0 aliphatic heterocycles. The van der Waals surface area contributed by atoms with Crippen LogP contribution in [0.1, 0.15) is 24.9 Å². The van der Waals surface area contributed by atoms with E-state index in [1.165, 1.54) is 6.07 Å². The van der Waals surface area contributed by atoms with Crippen LogP contribution in [0.15, 0.2) is 18.2 Å². The molecule has 0 spiro atoms. The molecule has 1 aromatic rings. The van der Waals surface area contributed by atoms with E-state index in [-0.39, 0.29) is 5.82 Å². The van der Waals surface area contributed by atoms with Gasteiger partial charge in [-0.2, -0.15) is 5.26 Å². The molecule has 0 saturated carbocycles. The number of nitriles is 1. The van der Waals surface area contributed by atoms with Crippen LogP contribution in [-0.2, 0) is 4.74 Å². The molecule has 19 heavy (non-hydrogen) atoms. The predicted molar refractivity (Wildman–Crippen MR) is 73.3 cm³/mol. The SMILES string of the molecule is COCCN(CCC#N)c1cccc(F)c1[C@H](C)N. The van der Waals surface area contributed by atoms with Crippen LogP contribution in [-0.4, -0.2) is 26.8 Å². The maximum Gasteiger partial charge on any atom is 0.130 e. The van der Waals surface area contributed by atoms with Crippen molar-refractivity contribution in [2.75, 3.05) is 31.7 Å². The van der Waals surface area contributed by atoms with Gasteiger partial charge in [-0.05, 0) is 19.1 Å². The highest BCUT2D eigenvalue weighted by molar-refractivity contribution is 5.55. The third-order valence-corrected chi connectivity index (χ3v) is 2.88. The summed E-state index contributed by atoms with van der Waals surface area (Å²) in [6.07, 6.45) is 0.374. The second-order valence-electron chi connectivity index (χ2n) is 4.35. The lowest BCUT2D eigenvalue weighted by Crippen LogP contribution is -2.30. The highest BCUT2D eigenvalue weighted by Crippen LogP contribution is 2.27. The van der Waals surface area contributed by atoms with E-state index >= 15 is 0 Å². The van der Waals surface area contributed by atoms with E-state index in [4.69, 9.17) is 15.7 Å². The van der Waals surface area contributed by atoms with Gasteiger partial charge in [-0.15, -0.1) is 0 Å². The molecule has 0 aromatic heterocycles. The molecule has 104 valence electrons. The van der Waals surface area contributed by atoms with Gasteiger partial charge in [-0.25, -0.2) is 4.39 Å². The van der Waals surface area contributed by atoms with Crippen molar-refractivity contribution in [3.05, 3.63) is 29.6 Å². The van der Waals surface area contributed by atoms with E-state index in [1.54, 1.807) is 20.1 Å². The Morgan fingerprint density at radius 3 is 2.79 bits per heavy atom. The lowest BCUT2D eigenvalue weighted by atomic mass is 10.0. The summed E-state index contributed by atoms with van der Waals surface area (Å²) < 4.78 is 19.0. The molecule has 0 aliphatic carbocycles. The monoisotopic (exact) mass is 265 g/mol. The summed E-state index contributed by atoms with van der Waals surface area (Å²) in [6, 6.07) is 6.59. The summed E-state index contributed by atoms with van der Waals surface area (Å²) in [5.74, 6) is -0.313. The molecular formula is C14H20FN3O. The molecule has 0 saturated heterocycles. The zero-order chi connectivity index (χ0) is 14.3. The third kappa shape index (κ3) is 4.19. The molecule has 0 fully saturated rings. The Labute approximate surface area is 113 Å². The summed E-state index contributed by atoms with van der Waals surface area (Å²) >= 11 is 0. The van der Waals surface area contributed by atoms with Crippen molar-refractivity contribution in [2.45, 2.75) is 19.4 Å². The number of rotatable bonds is 7. The molecule has 0 radical (unpaired) electrons. The van der Waals surface area contributed by atoms with E-state index in [9.17, 15) is 4.39 Å². The lowest BCUT2D eigenvalue weighted by molar-refractivity contribution is 0.205. The molecular weight excluding hydrogens is 245 g/mol. The largest absolute Gasteiger partial charge is 0.383 e. The lowest BCUT2D eigenvalue weighted by Gasteiger charge is -2.27.